The van der Waals surface area contributed by atoms with Crippen molar-refractivity contribution in [3.05, 3.63) is 0 Å². The Kier molecular flexibility index (Phi) is 10.6. The average molecular weight is 323 g/mol. The van der Waals surface area contributed by atoms with Crippen LogP contribution < -0.4 is 0 Å². The summed E-state index contributed by atoms with van der Waals surface area (Å²) in [7, 11) is 0. The summed E-state index contributed by atoms with van der Waals surface area (Å²) in [6.45, 7) is 12.2. The second kappa shape index (κ2) is 11.5. The molecule has 0 radical (unpaired) electrons. The van der Waals surface area contributed by atoms with Crippen LogP contribution in [0, 0.1) is 23.2 Å². The number of unbranched alkanes of at least 4 members (excludes halogenated alkanes) is 7. The van der Waals surface area contributed by atoms with Crippen LogP contribution in [0.5, 0.6) is 0 Å². The molecule has 0 aromatic heterocycles. The fourth-order valence-electron chi connectivity index (χ4n) is 4.33. The fraction of sp³-hybridized carbons (Fsp3) is 1.00. The zero-order chi connectivity index (χ0) is 17.1. The largest absolute Gasteiger partial charge is 0.0654 e. The molecular weight excluding hydrogens is 276 g/mol. The zero-order valence-corrected chi connectivity index (χ0v) is 17.1. The third-order valence-corrected chi connectivity index (χ3v) is 6.79. The summed E-state index contributed by atoms with van der Waals surface area (Å²) in [6, 6.07) is 0. The summed E-state index contributed by atoms with van der Waals surface area (Å²) in [4.78, 5) is 0. The molecule has 0 aromatic carbocycles. The highest BCUT2D eigenvalue weighted by atomic mass is 14.5. The van der Waals surface area contributed by atoms with Gasteiger partial charge in [-0.3, -0.25) is 0 Å². The molecule has 138 valence electrons. The maximum Gasteiger partial charge on any atom is -0.0297 e. The molecule has 0 nitrogen and oxygen atoms in total. The normalized spacial score (nSPS) is 26.2. The van der Waals surface area contributed by atoms with Crippen LogP contribution in [0.3, 0.4) is 0 Å². The third-order valence-electron chi connectivity index (χ3n) is 6.79. The van der Waals surface area contributed by atoms with Crippen LogP contribution in [0.25, 0.3) is 0 Å². The van der Waals surface area contributed by atoms with Gasteiger partial charge in [0, 0.05) is 0 Å². The molecule has 4 atom stereocenters. The minimum atomic E-state index is 0.717. The van der Waals surface area contributed by atoms with Crippen molar-refractivity contribution in [2.75, 3.05) is 0 Å². The fourth-order valence-corrected chi connectivity index (χ4v) is 4.33. The van der Waals surface area contributed by atoms with Gasteiger partial charge in [0.25, 0.3) is 0 Å². The molecular formula is C23H46. The topological polar surface area (TPSA) is 0 Å². The molecule has 0 amide bonds. The van der Waals surface area contributed by atoms with Gasteiger partial charge < -0.3 is 0 Å². The molecule has 23 heavy (non-hydrogen) atoms. The number of hydrogen-bond acceptors (Lipinski definition) is 0. The predicted octanol–water partition coefficient (Wildman–Crippen LogP) is 8.40. The first-order chi connectivity index (χ1) is 11.0. The second-order valence-electron chi connectivity index (χ2n) is 9.18. The van der Waals surface area contributed by atoms with Gasteiger partial charge in [0.1, 0.15) is 0 Å². The van der Waals surface area contributed by atoms with E-state index in [1.54, 1.807) is 0 Å². The molecule has 0 heteroatoms. The van der Waals surface area contributed by atoms with Crippen molar-refractivity contribution < 1.29 is 0 Å². The molecule has 0 spiro atoms. The first-order valence-corrected chi connectivity index (χ1v) is 11.0. The van der Waals surface area contributed by atoms with Gasteiger partial charge in [-0.05, 0) is 48.9 Å². The van der Waals surface area contributed by atoms with Crippen molar-refractivity contribution in [2.24, 2.45) is 23.2 Å². The van der Waals surface area contributed by atoms with E-state index in [1.807, 2.05) is 0 Å². The van der Waals surface area contributed by atoms with Crippen LogP contribution in [0.4, 0.5) is 0 Å². The van der Waals surface area contributed by atoms with Gasteiger partial charge in [-0.15, -0.1) is 0 Å². The molecule has 0 aromatic rings. The molecule has 0 N–H and O–H groups in total. The molecule has 1 aliphatic carbocycles. The van der Waals surface area contributed by atoms with E-state index < -0.39 is 0 Å². The maximum atomic E-state index is 2.51. The first-order valence-electron chi connectivity index (χ1n) is 11.0. The van der Waals surface area contributed by atoms with Crippen molar-refractivity contribution in [2.45, 2.75) is 125 Å². The summed E-state index contributed by atoms with van der Waals surface area (Å²) < 4.78 is 0. The van der Waals surface area contributed by atoms with Crippen LogP contribution in [0.2, 0.25) is 0 Å². The molecule has 4 unspecified atom stereocenters. The van der Waals surface area contributed by atoms with E-state index in [9.17, 15) is 0 Å². The average Bonchev–Trinajstić information content (AvgIpc) is 3.13. The molecule has 1 fully saturated rings. The third kappa shape index (κ3) is 9.16. The molecule has 1 saturated carbocycles. The number of rotatable bonds is 15. The Morgan fingerprint density at radius 2 is 1.48 bits per heavy atom. The minimum Gasteiger partial charge on any atom is -0.0654 e. The molecule has 1 aliphatic rings. The van der Waals surface area contributed by atoms with E-state index >= 15 is 0 Å². The van der Waals surface area contributed by atoms with Gasteiger partial charge in [-0.2, -0.15) is 0 Å². The van der Waals surface area contributed by atoms with Gasteiger partial charge in [0.2, 0.25) is 0 Å². The Bertz CT molecular complexity index is 282. The number of hydrogen-bond donors (Lipinski definition) is 0. The smallest absolute Gasteiger partial charge is 0.0297 e. The molecule has 0 heterocycles. The van der Waals surface area contributed by atoms with Crippen molar-refractivity contribution in [1.82, 2.24) is 0 Å². The molecule has 0 saturated heterocycles. The summed E-state index contributed by atoms with van der Waals surface area (Å²) in [5.74, 6) is 2.93. The Morgan fingerprint density at radius 1 is 0.913 bits per heavy atom. The monoisotopic (exact) mass is 322 g/mol. The lowest BCUT2D eigenvalue weighted by Crippen LogP contribution is -2.09. The van der Waals surface area contributed by atoms with Crippen molar-refractivity contribution in [3.63, 3.8) is 0 Å². The minimum absolute atomic E-state index is 0.717. The SMILES string of the molecule is CCCCCCCCCCC(C)CC(CC)CCC1(C)CC1C. The highest BCUT2D eigenvalue weighted by Gasteiger charge is 2.45. The standard InChI is InChI=1S/C23H46/c1-6-8-9-10-11-12-13-14-15-20(3)18-22(7-2)16-17-23(5)19-21(23)4/h20-22H,6-19H2,1-5H3. The van der Waals surface area contributed by atoms with Crippen LogP contribution in [-0.2, 0) is 0 Å². The lowest BCUT2D eigenvalue weighted by molar-refractivity contribution is 0.305. The lowest BCUT2D eigenvalue weighted by atomic mass is 9.84. The van der Waals surface area contributed by atoms with E-state index in [-0.39, 0.29) is 0 Å². The predicted molar refractivity (Wildman–Crippen MR) is 106 cm³/mol. The van der Waals surface area contributed by atoms with Gasteiger partial charge in [0.15, 0.2) is 0 Å². The van der Waals surface area contributed by atoms with Crippen molar-refractivity contribution in [1.29, 1.82) is 0 Å². The van der Waals surface area contributed by atoms with E-state index in [1.165, 1.54) is 89.9 Å². The second-order valence-corrected chi connectivity index (χ2v) is 9.18. The molecule has 1 rings (SSSR count). The Labute approximate surface area is 148 Å². The lowest BCUT2D eigenvalue weighted by Gasteiger charge is -2.21. The summed E-state index contributed by atoms with van der Waals surface area (Å²) in [5, 5.41) is 0. The van der Waals surface area contributed by atoms with Crippen LogP contribution in [-0.4, -0.2) is 0 Å². The van der Waals surface area contributed by atoms with E-state index in [0.717, 1.165) is 17.8 Å². The highest BCUT2D eigenvalue weighted by Crippen LogP contribution is 2.55. The van der Waals surface area contributed by atoms with Gasteiger partial charge in [0.05, 0.1) is 0 Å². The summed E-state index contributed by atoms with van der Waals surface area (Å²) in [5.41, 5.74) is 0.717. The molecule has 0 bridgehead atoms. The van der Waals surface area contributed by atoms with Crippen molar-refractivity contribution >= 4 is 0 Å². The van der Waals surface area contributed by atoms with Crippen molar-refractivity contribution in [3.8, 4) is 0 Å². The van der Waals surface area contributed by atoms with Crippen LogP contribution in [0.1, 0.15) is 125 Å². The van der Waals surface area contributed by atoms with E-state index in [4.69, 9.17) is 0 Å². The quantitative estimate of drug-likeness (QED) is 0.265. The zero-order valence-electron chi connectivity index (χ0n) is 17.1. The van der Waals surface area contributed by atoms with Gasteiger partial charge >= 0.3 is 0 Å². The Morgan fingerprint density at radius 3 is 2.00 bits per heavy atom. The molecule has 0 aliphatic heterocycles. The highest BCUT2D eigenvalue weighted by molar-refractivity contribution is 4.95. The van der Waals surface area contributed by atoms with Crippen LogP contribution in [0.15, 0.2) is 0 Å². The Balaban J connectivity index is 1.99. The van der Waals surface area contributed by atoms with E-state index in [0.29, 0.717) is 5.41 Å². The first kappa shape index (κ1) is 21.0. The van der Waals surface area contributed by atoms with Gasteiger partial charge in [-0.1, -0.05) is 98.8 Å². The maximum absolute atomic E-state index is 2.51. The summed E-state index contributed by atoms with van der Waals surface area (Å²) >= 11 is 0. The Hall–Kier alpha value is 0. The van der Waals surface area contributed by atoms with E-state index in [2.05, 4.69) is 34.6 Å². The van der Waals surface area contributed by atoms with Crippen LogP contribution >= 0.6 is 0 Å². The summed E-state index contributed by atoms with van der Waals surface area (Å²) in [6.07, 6.45) is 20.4. The van der Waals surface area contributed by atoms with Gasteiger partial charge in [-0.25, -0.2) is 0 Å².